The number of aliphatic hydroxyl groups excluding tert-OH is 2. The van der Waals surface area contributed by atoms with Crippen molar-refractivity contribution in [2.75, 3.05) is 12.3 Å². The molecule has 27 heavy (non-hydrogen) atoms. The van der Waals surface area contributed by atoms with Crippen molar-refractivity contribution >= 4 is 22.9 Å². The van der Waals surface area contributed by atoms with Crippen molar-refractivity contribution < 1.29 is 19.7 Å². The Balaban J connectivity index is 1.49. The van der Waals surface area contributed by atoms with Crippen LogP contribution in [0.15, 0.2) is 43.0 Å². The molecule has 10 nitrogen and oxygen atoms in total. The van der Waals surface area contributed by atoms with Crippen LogP contribution in [0.1, 0.15) is 16.6 Å². The number of fused-ring (bicyclic) bond motifs is 1. The van der Waals surface area contributed by atoms with Gasteiger partial charge in [0.1, 0.15) is 30.2 Å². The average molecular weight is 370 g/mol. The number of ether oxygens (including phenoxy) is 1. The van der Waals surface area contributed by atoms with Gasteiger partial charge in [0.05, 0.1) is 6.33 Å². The van der Waals surface area contributed by atoms with Crippen molar-refractivity contribution in [3.05, 3.63) is 48.5 Å². The lowest BCUT2D eigenvalue weighted by Crippen LogP contribution is -2.39. The summed E-state index contributed by atoms with van der Waals surface area (Å²) >= 11 is 0. The molecule has 3 heterocycles. The zero-order chi connectivity index (χ0) is 19.0. The molecule has 1 fully saturated rings. The number of hydrogen-bond donors (Lipinski definition) is 4. The van der Waals surface area contributed by atoms with Crippen molar-refractivity contribution in [3.8, 4) is 0 Å². The number of nitrogens with two attached hydrogens (primary N) is 1. The number of carbonyl (C=O) groups excluding carboxylic acids is 1. The van der Waals surface area contributed by atoms with Crippen molar-refractivity contribution in [2.24, 2.45) is 0 Å². The summed E-state index contributed by atoms with van der Waals surface area (Å²) in [7, 11) is 0. The summed E-state index contributed by atoms with van der Waals surface area (Å²) in [4.78, 5) is 24.3. The molecule has 2 aromatic heterocycles. The van der Waals surface area contributed by atoms with Gasteiger partial charge in [0.2, 0.25) is 0 Å². The van der Waals surface area contributed by atoms with Crippen LogP contribution in [0.3, 0.4) is 0 Å². The number of amides is 1. The van der Waals surface area contributed by atoms with Crippen LogP contribution in [0.25, 0.3) is 11.2 Å². The Bertz CT molecular complexity index is 962. The fourth-order valence-electron chi connectivity index (χ4n) is 3.07. The second-order valence-electron chi connectivity index (χ2n) is 6.21. The maximum absolute atomic E-state index is 12.2. The van der Waals surface area contributed by atoms with Gasteiger partial charge in [-0.15, -0.1) is 0 Å². The molecular weight excluding hydrogens is 352 g/mol. The van der Waals surface area contributed by atoms with Crippen LogP contribution in [-0.2, 0) is 4.74 Å². The van der Waals surface area contributed by atoms with Gasteiger partial charge in [0, 0.05) is 12.1 Å². The first-order chi connectivity index (χ1) is 13.1. The minimum absolute atomic E-state index is 0.0339. The topological polar surface area (TPSA) is 148 Å². The fraction of sp³-hybridized carbons (Fsp3) is 0.294. The van der Waals surface area contributed by atoms with Gasteiger partial charge in [-0.1, -0.05) is 18.2 Å². The largest absolute Gasteiger partial charge is 0.387 e. The first-order valence-corrected chi connectivity index (χ1v) is 8.34. The Kier molecular flexibility index (Phi) is 4.44. The Hall–Kier alpha value is -3.08. The van der Waals surface area contributed by atoms with Gasteiger partial charge >= 0.3 is 0 Å². The van der Waals surface area contributed by atoms with Gasteiger partial charge < -0.3 is 26.0 Å². The number of benzene rings is 1. The molecule has 0 radical (unpaired) electrons. The number of nitrogens with one attached hydrogen (secondary N) is 1. The van der Waals surface area contributed by atoms with E-state index in [1.54, 1.807) is 24.3 Å². The molecule has 0 unspecified atom stereocenters. The van der Waals surface area contributed by atoms with E-state index in [0.29, 0.717) is 16.7 Å². The number of carbonyl (C=O) groups is 1. The average Bonchev–Trinajstić information content (AvgIpc) is 3.23. The van der Waals surface area contributed by atoms with Gasteiger partial charge in [-0.2, -0.15) is 0 Å². The van der Waals surface area contributed by atoms with Crippen LogP contribution < -0.4 is 11.1 Å². The molecule has 4 atom stereocenters. The Morgan fingerprint density at radius 3 is 2.74 bits per heavy atom. The SMILES string of the molecule is Nc1ncnc2c1ncn2[C@@H]1O[C@H](CNC(=O)c2ccccc2)[C@@H](O)[C@H]1O. The third kappa shape index (κ3) is 3.10. The molecule has 1 amide bonds. The maximum atomic E-state index is 12.2. The second-order valence-corrected chi connectivity index (χ2v) is 6.21. The Morgan fingerprint density at radius 2 is 1.96 bits per heavy atom. The van der Waals surface area contributed by atoms with Gasteiger partial charge in [-0.05, 0) is 12.1 Å². The van der Waals surface area contributed by atoms with E-state index >= 15 is 0 Å². The van der Waals surface area contributed by atoms with Crippen molar-refractivity contribution in [1.29, 1.82) is 0 Å². The van der Waals surface area contributed by atoms with Crippen molar-refractivity contribution in [2.45, 2.75) is 24.5 Å². The summed E-state index contributed by atoms with van der Waals surface area (Å²) in [5.74, 6) is -0.0867. The Labute approximate surface area is 153 Å². The third-order valence-corrected chi connectivity index (χ3v) is 4.50. The van der Waals surface area contributed by atoms with Crippen LogP contribution >= 0.6 is 0 Å². The summed E-state index contributed by atoms with van der Waals surface area (Å²) in [6.07, 6.45) is -1.43. The minimum Gasteiger partial charge on any atom is -0.387 e. The number of aliphatic hydroxyl groups is 2. The quantitative estimate of drug-likeness (QED) is 0.478. The maximum Gasteiger partial charge on any atom is 0.251 e. The second kappa shape index (κ2) is 6.91. The smallest absolute Gasteiger partial charge is 0.251 e. The predicted molar refractivity (Wildman–Crippen MR) is 94.4 cm³/mol. The highest BCUT2D eigenvalue weighted by Crippen LogP contribution is 2.31. The lowest BCUT2D eigenvalue weighted by atomic mass is 10.1. The van der Waals surface area contributed by atoms with E-state index in [4.69, 9.17) is 10.5 Å². The number of aromatic nitrogens is 4. The summed E-state index contributed by atoms with van der Waals surface area (Å²) in [5.41, 5.74) is 7.02. The lowest BCUT2D eigenvalue weighted by Gasteiger charge is -2.16. The molecule has 3 aromatic rings. The molecule has 10 heteroatoms. The number of hydrogen-bond acceptors (Lipinski definition) is 8. The minimum atomic E-state index is -1.22. The van der Waals surface area contributed by atoms with Crippen LogP contribution in [-0.4, -0.2) is 60.5 Å². The third-order valence-electron chi connectivity index (χ3n) is 4.50. The lowest BCUT2D eigenvalue weighted by molar-refractivity contribution is -0.0337. The predicted octanol–water partition coefficient (Wildman–Crippen LogP) is -0.542. The highest BCUT2D eigenvalue weighted by Gasteiger charge is 2.44. The van der Waals surface area contributed by atoms with Crippen LogP contribution in [0, 0.1) is 0 Å². The van der Waals surface area contributed by atoms with Gasteiger partial charge in [-0.25, -0.2) is 15.0 Å². The first-order valence-electron chi connectivity index (χ1n) is 8.34. The number of imidazole rings is 1. The van der Waals surface area contributed by atoms with E-state index in [1.165, 1.54) is 17.2 Å². The zero-order valence-corrected chi connectivity index (χ0v) is 14.1. The summed E-state index contributed by atoms with van der Waals surface area (Å²) < 4.78 is 7.26. The molecule has 0 bridgehead atoms. The van der Waals surface area contributed by atoms with E-state index in [-0.39, 0.29) is 18.3 Å². The fourth-order valence-corrected chi connectivity index (χ4v) is 3.07. The summed E-state index contributed by atoms with van der Waals surface area (Å²) in [5, 5.41) is 23.4. The number of rotatable bonds is 4. The van der Waals surface area contributed by atoms with E-state index in [0.717, 1.165) is 0 Å². The van der Waals surface area contributed by atoms with E-state index in [9.17, 15) is 15.0 Å². The summed E-state index contributed by atoms with van der Waals surface area (Å²) in [6, 6.07) is 8.69. The van der Waals surface area contributed by atoms with Crippen molar-refractivity contribution in [1.82, 2.24) is 24.8 Å². The first kappa shape index (κ1) is 17.3. The molecule has 0 aliphatic carbocycles. The van der Waals surface area contributed by atoms with E-state index in [2.05, 4.69) is 20.3 Å². The van der Waals surface area contributed by atoms with Gasteiger partial charge in [-0.3, -0.25) is 9.36 Å². The zero-order valence-electron chi connectivity index (χ0n) is 14.1. The van der Waals surface area contributed by atoms with E-state index < -0.39 is 24.5 Å². The standard InChI is InChI=1S/C17H18N6O4/c18-14-11-15(21-7-20-14)23(8-22-11)17-13(25)12(24)10(27-17)6-19-16(26)9-4-2-1-3-5-9/h1-5,7-8,10,12-13,17,24-25H,6H2,(H,19,26)(H2,18,20,21)/t10-,12-,13-,17-/m1/s1. The van der Waals surface area contributed by atoms with Gasteiger partial charge in [0.25, 0.3) is 5.91 Å². The van der Waals surface area contributed by atoms with Gasteiger partial charge in [0.15, 0.2) is 17.7 Å². The van der Waals surface area contributed by atoms with E-state index in [1.807, 2.05) is 6.07 Å². The highest BCUT2D eigenvalue weighted by molar-refractivity contribution is 5.94. The monoisotopic (exact) mass is 370 g/mol. The molecule has 4 rings (SSSR count). The number of nitrogen functional groups attached to an aromatic ring is 1. The van der Waals surface area contributed by atoms with Crippen molar-refractivity contribution in [3.63, 3.8) is 0 Å². The highest BCUT2D eigenvalue weighted by atomic mass is 16.6. The molecule has 5 N–H and O–H groups in total. The molecule has 1 saturated heterocycles. The Morgan fingerprint density at radius 1 is 1.19 bits per heavy atom. The summed E-state index contributed by atoms with van der Waals surface area (Å²) in [6.45, 7) is 0.0339. The molecule has 1 aliphatic rings. The molecule has 1 aliphatic heterocycles. The number of anilines is 1. The molecule has 1 aromatic carbocycles. The van der Waals surface area contributed by atoms with Crippen LogP contribution in [0.4, 0.5) is 5.82 Å². The van der Waals surface area contributed by atoms with Crippen LogP contribution in [0.5, 0.6) is 0 Å². The van der Waals surface area contributed by atoms with Crippen LogP contribution in [0.2, 0.25) is 0 Å². The molecule has 0 spiro atoms. The number of nitrogens with zero attached hydrogens (tertiary/aromatic N) is 4. The molecule has 140 valence electrons. The molecule has 0 saturated carbocycles. The normalized spacial score (nSPS) is 25.0. The molecular formula is C17H18N6O4.